The molecule has 112 valence electrons. The molecule has 1 aliphatic rings. The number of hydrogen-bond donors (Lipinski definition) is 3. The van der Waals surface area contributed by atoms with E-state index in [1.54, 1.807) is 24.3 Å². The SMILES string of the molecule is O=C(O)CCNC(=O)CC1CC(c2ccc(O)cc2)=NO1. The zero-order chi connectivity index (χ0) is 15.2. The summed E-state index contributed by atoms with van der Waals surface area (Å²) in [7, 11) is 0. The van der Waals surface area contributed by atoms with Gasteiger partial charge in [0.25, 0.3) is 0 Å². The van der Waals surface area contributed by atoms with Crippen LogP contribution >= 0.6 is 0 Å². The molecular weight excluding hydrogens is 276 g/mol. The smallest absolute Gasteiger partial charge is 0.305 e. The van der Waals surface area contributed by atoms with Crippen molar-refractivity contribution in [1.29, 1.82) is 0 Å². The molecule has 1 aromatic carbocycles. The number of nitrogens with one attached hydrogen (secondary N) is 1. The van der Waals surface area contributed by atoms with Crippen LogP contribution in [0.15, 0.2) is 29.4 Å². The molecule has 0 bridgehead atoms. The molecule has 0 fully saturated rings. The fourth-order valence-electron chi connectivity index (χ4n) is 1.95. The van der Waals surface area contributed by atoms with Crippen LogP contribution in [0.1, 0.15) is 24.8 Å². The van der Waals surface area contributed by atoms with Crippen molar-refractivity contribution in [3.05, 3.63) is 29.8 Å². The Labute approximate surface area is 121 Å². The molecule has 1 aliphatic heterocycles. The Morgan fingerprint density at radius 1 is 1.33 bits per heavy atom. The van der Waals surface area contributed by atoms with Crippen LogP contribution in [0, 0.1) is 0 Å². The van der Waals surface area contributed by atoms with Crippen LogP contribution in [0.3, 0.4) is 0 Å². The van der Waals surface area contributed by atoms with E-state index in [-0.39, 0.29) is 37.1 Å². The minimum absolute atomic E-state index is 0.104. The highest BCUT2D eigenvalue weighted by Gasteiger charge is 2.24. The molecule has 1 unspecified atom stereocenters. The zero-order valence-corrected chi connectivity index (χ0v) is 11.3. The number of rotatable bonds is 6. The number of carbonyl (C=O) groups is 2. The van der Waals surface area contributed by atoms with Crippen LogP contribution in [0.2, 0.25) is 0 Å². The monoisotopic (exact) mass is 292 g/mol. The first-order valence-corrected chi connectivity index (χ1v) is 6.55. The van der Waals surface area contributed by atoms with E-state index in [1.165, 1.54) is 0 Å². The van der Waals surface area contributed by atoms with Crippen molar-refractivity contribution in [2.45, 2.75) is 25.4 Å². The van der Waals surface area contributed by atoms with Crippen molar-refractivity contribution in [2.75, 3.05) is 6.54 Å². The first-order valence-electron chi connectivity index (χ1n) is 6.55. The number of nitrogens with zero attached hydrogens (tertiary/aromatic N) is 1. The highest BCUT2D eigenvalue weighted by Crippen LogP contribution is 2.20. The van der Waals surface area contributed by atoms with E-state index in [9.17, 15) is 14.7 Å². The second-order valence-corrected chi connectivity index (χ2v) is 4.71. The summed E-state index contributed by atoms with van der Waals surface area (Å²) in [5.74, 6) is -1.04. The van der Waals surface area contributed by atoms with E-state index >= 15 is 0 Å². The van der Waals surface area contributed by atoms with Gasteiger partial charge in [-0.1, -0.05) is 5.16 Å². The summed E-state index contributed by atoms with van der Waals surface area (Å²) in [5.41, 5.74) is 1.56. The number of aromatic hydroxyl groups is 1. The van der Waals surface area contributed by atoms with Crippen LogP contribution in [-0.2, 0) is 14.4 Å². The summed E-state index contributed by atoms with van der Waals surface area (Å²) < 4.78 is 0. The van der Waals surface area contributed by atoms with Gasteiger partial charge in [0.15, 0.2) is 0 Å². The number of phenols is 1. The highest BCUT2D eigenvalue weighted by molar-refractivity contribution is 6.01. The fraction of sp³-hybridized carbons (Fsp3) is 0.357. The Morgan fingerprint density at radius 3 is 2.71 bits per heavy atom. The van der Waals surface area contributed by atoms with Crippen molar-refractivity contribution < 1.29 is 24.6 Å². The number of phenolic OH excluding ortho intramolecular Hbond substituents is 1. The maximum absolute atomic E-state index is 11.6. The van der Waals surface area contributed by atoms with Crippen molar-refractivity contribution >= 4 is 17.6 Å². The topological polar surface area (TPSA) is 108 Å². The summed E-state index contributed by atoms with van der Waals surface area (Å²) in [5, 5.41) is 24.2. The summed E-state index contributed by atoms with van der Waals surface area (Å²) in [6.07, 6.45) is 0.174. The number of benzene rings is 1. The van der Waals surface area contributed by atoms with Gasteiger partial charge in [-0.15, -0.1) is 0 Å². The third-order valence-electron chi connectivity index (χ3n) is 3.01. The average Bonchev–Trinajstić information content (AvgIpc) is 2.87. The molecule has 0 spiro atoms. The molecule has 7 nitrogen and oxygen atoms in total. The van der Waals surface area contributed by atoms with E-state index in [0.29, 0.717) is 6.42 Å². The molecule has 1 heterocycles. The number of oxime groups is 1. The molecule has 1 aromatic rings. The molecule has 21 heavy (non-hydrogen) atoms. The Morgan fingerprint density at radius 2 is 2.05 bits per heavy atom. The lowest BCUT2D eigenvalue weighted by molar-refractivity contribution is -0.136. The van der Waals surface area contributed by atoms with Crippen molar-refractivity contribution in [3.63, 3.8) is 0 Å². The number of amides is 1. The maximum Gasteiger partial charge on any atom is 0.305 e. The van der Waals surface area contributed by atoms with Gasteiger partial charge in [-0.05, 0) is 29.8 Å². The lowest BCUT2D eigenvalue weighted by Crippen LogP contribution is -2.29. The summed E-state index contributed by atoms with van der Waals surface area (Å²) >= 11 is 0. The van der Waals surface area contributed by atoms with Gasteiger partial charge in [-0.2, -0.15) is 0 Å². The summed E-state index contributed by atoms with van der Waals surface area (Å²) in [6, 6.07) is 6.58. The number of hydrogen-bond acceptors (Lipinski definition) is 5. The molecule has 0 aliphatic carbocycles. The molecule has 0 radical (unpaired) electrons. The Hall–Kier alpha value is -2.57. The van der Waals surface area contributed by atoms with Crippen LogP contribution in [0.25, 0.3) is 0 Å². The average molecular weight is 292 g/mol. The molecule has 3 N–H and O–H groups in total. The minimum Gasteiger partial charge on any atom is -0.508 e. The van der Waals surface area contributed by atoms with E-state index < -0.39 is 5.97 Å². The number of carboxylic acids is 1. The molecule has 0 saturated carbocycles. The molecule has 1 amide bonds. The van der Waals surface area contributed by atoms with Gasteiger partial charge in [0.1, 0.15) is 11.9 Å². The standard InChI is InChI=1S/C14H16N2O5/c17-10-3-1-9(2-4-10)12-7-11(21-16-12)8-13(18)15-6-5-14(19)20/h1-4,11,17H,5-8H2,(H,15,18)(H,19,20). The molecular formula is C14H16N2O5. The van der Waals surface area contributed by atoms with Crippen LogP contribution in [0.4, 0.5) is 0 Å². The predicted octanol–water partition coefficient (Wildman–Crippen LogP) is 0.866. The fourth-order valence-corrected chi connectivity index (χ4v) is 1.95. The first kappa shape index (κ1) is 14.8. The zero-order valence-electron chi connectivity index (χ0n) is 11.3. The number of carboxylic acid groups (broad SMARTS) is 1. The summed E-state index contributed by atoms with van der Waals surface area (Å²) in [4.78, 5) is 27.1. The van der Waals surface area contributed by atoms with Gasteiger partial charge >= 0.3 is 5.97 Å². The van der Waals surface area contributed by atoms with Crippen LogP contribution < -0.4 is 5.32 Å². The molecule has 0 aromatic heterocycles. The number of carbonyl (C=O) groups excluding carboxylic acids is 1. The minimum atomic E-state index is -0.953. The second kappa shape index (κ2) is 6.74. The van der Waals surface area contributed by atoms with Crippen molar-refractivity contribution in [2.24, 2.45) is 5.16 Å². The molecule has 2 rings (SSSR count). The highest BCUT2D eigenvalue weighted by atomic mass is 16.6. The third kappa shape index (κ3) is 4.48. The molecule has 1 atom stereocenters. The van der Waals surface area contributed by atoms with Gasteiger partial charge in [0.05, 0.1) is 18.6 Å². The Kier molecular flexibility index (Phi) is 4.76. The van der Waals surface area contributed by atoms with Gasteiger partial charge in [0.2, 0.25) is 5.91 Å². The van der Waals surface area contributed by atoms with Gasteiger partial charge in [-0.3, -0.25) is 9.59 Å². The van der Waals surface area contributed by atoms with E-state index in [2.05, 4.69) is 10.5 Å². The van der Waals surface area contributed by atoms with E-state index in [0.717, 1.165) is 11.3 Å². The normalized spacial score (nSPS) is 17.0. The van der Waals surface area contributed by atoms with E-state index in [1.807, 2.05) is 0 Å². The molecule has 0 saturated heterocycles. The first-order chi connectivity index (χ1) is 10.0. The quantitative estimate of drug-likeness (QED) is 0.721. The largest absolute Gasteiger partial charge is 0.508 e. The van der Waals surface area contributed by atoms with Gasteiger partial charge < -0.3 is 20.4 Å². The molecule has 7 heteroatoms. The lowest BCUT2D eigenvalue weighted by Gasteiger charge is -2.08. The lowest BCUT2D eigenvalue weighted by atomic mass is 10.0. The Bertz CT molecular complexity index is 553. The summed E-state index contributed by atoms with van der Waals surface area (Å²) in [6.45, 7) is 0.104. The van der Waals surface area contributed by atoms with Gasteiger partial charge in [0, 0.05) is 13.0 Å². The van der Waals surface area contributed by atoms with Crippen molar-refractivity contribution in [3.8, 4) is 5.75 Å². The van der Waals surface area contributed by atoms with E-state index in [4.69, 9.17) is 9.94 Å². The second-order valence-electron chi connectivity index (χ2n) is 4.71. The Balaban J connectivity index is 1.77. The van der Waals surface area contributed by atoms with Crippen LogP contribution in [-0.4, -0.2) is 40.4 Å². The third-order valence-corrected chi connectivity index (χ3v) is 3.01. The van der Waals surface area contributed by atoms with Gasteiger partial charge in [-0.25, -0.2) is 0 Å². The van der Waals surface area contributed by atoms with Crippen LogP contribution in [0.5, 0.6) is 5.75 Å². The number of aliphatic carboxylic acids is 1. The predicted molar refractivity (Wildman–Crippen MR) is 74.0 cm³/mol. The van der Waals surface area contributed by atoms with Crippen molar-refractivity contribution in [1.82, 2.24) is 5.32 Å². The maximum atomic E-state index is 11.6.